The van der Waals surface area contributed by atoms with Crippen LogP contribution in [-0.4, -0.2) is 32.5 Å². The van der Waals surface area contributed by atoms with Gasteiger partial charge in [-0.2, -0.15) is 0 Å². The maximum Gasteiger partial charge on any atom is 0.253 e. The van der Waals surface area contributed by atoms with Crippen LogP contribution in [0.4, 0.5) is 11.4 Å². The molecule has 7 nitrogen and oxygen atoms in total. The Morgan fingerprint density at radius 3 is 2.13 bits per heavy atom. The number of nitrogens with one attached hydrogen (secondary N) is 3. The summed E-state index contributed by atoms with van der Waals surface area (Å²) < 4.78 is 26.0. The Morgan fingerprint density at radius 1 is 1.07 bits per heavy atom. The normalized spacial score (nSPS) is 30.6. The van der Waals surface area contributed by atoms with Gasteiger partial charge in [-0.3, -0.25) is 14.3 Å². The smallest absolute Gasteiger partial charge is 0.253 e. The molecule has 5 rings (SSSR count). The van der Waals surface area contributed by atoms with Crippen molar-refractivity contribution >= 4 is 33.2 Å². The molecule has 1 aromatic carbocycles. The molecule has 1 unspecified atom stereocenters. The van der Waals surface area contributed by atoms with E-state index in [-0.39, 0.29) is 34.5 Å². The number of hydrogen-bond acceptors (Lipinski definition) is 4. The van der Waals surface area contributed by atoms with Gasteiger partial charge >= 0.3 is 0 Å². The Morgan fingerprint density at radius 2 is 1.63 bits per heavy atom. The van der Waals surface area contributed by atoms with Gasteiger partial charge in [-0.1, -0.05) is 0 Å². The first-order valence-electron chi connectivity index (χ1n) is 10.7. The van der Waals surface area contributed by atoms with E-state index in [0.717, 1.165) is 24.0 Å². The lowest BCUT2D eigenvalue weighted by Gasteiger charge is -2.59. The van der Waals surface area contributed by atoms with Crippen LogP contribution in [0.1, 0.15) is 62.7 Å². The van der Waals surface area contributed by atoms with Crippen LogP contribution in [0.3, 0.4) is 0 Å². The molecule has 1 aromatic rings. The summed E-state index contributed by atoms with van der Waals surface area (Å²) in [5.74, 6) is 1.76. The highest BCUT2D eigenvalue weighted by molar-refractivity contribution is 7.92. The summed E-state index contributed by atoms with van der Waals surface area (Å²) >= 11 is 0. The Kier molecular flexibility index (Phi) is 5.33. The van der Waals surface area contributed by atoms with E-state index >= 15 is 0 Å². The van der Waals surface area contributed by atoms with Crippen molar-refractivity contribution in [1.82, 2.24) is 5.32 Å². The van der Waals surface area contributed by atoms with Crippen molar-refractivity contribution in [2.24, 2.45) is 23.2 Å². The molecule has 0 saturated heterocycles. The molecule has 4 fully saturated rings. The van der Waals surface area contributed by atoms with Crippen molar-refractivity contribution < 1.29 is 18.0 Å². The van der Waals surface area contributed by atoms with Crippen molar-refractivity contribution in [2.45, 2.75) is 58.4 Å². The lowest BCUT2D eigenvalue weighted by Crippen LogP contribution is -2.55. The maximum absolute atomic E-state index is 13.2. The summed E-state index contributed by atoms with van der Waals surface area (Å²) in [6.45, 7) is 3.48. The number of anilines is 2. The first-order chi connectivity index (χ1) is 14.0. The molecule has 164 valence electrons. The molecule has 3 N–H and O–H groups in total. The molecule has 4 bridgehead atoms. The molecule has 0 heterocycles. The van der Waals surface area contributed by atoms with Gasteiger partial charge in [-0.05, 0) is 86.8 Å². The molecular formula is C22H31N3O4S. The third-order valence-electron chi connectivity index (χ3n) is 7.23. The maximum atomic E-state index is 13.2. The summed E-state index contributed by atoms with van der Waals surface area (Å²) in [5.41, 5.74) is 1.02. The van der Waals surface area contributed by atoms with Crippen LogP contribution in [-0.2, 0) is 14.8 Å². The van der Waals surface area contributed by atoms with E-state index in [0.29, 0.717) is 5.69 Å². The molecule has 0 aromatic heterocycles. The molecule has 4 saturated carbocycles. The van der Waals surface area contributed by atoms with E-state index in [1.54, 1.807) is 6.07 Å². The van der Waals surface area contributed by atoms with Crippen molar-refractivity contribution in [3.8, 4) is 0 Å². The highest BCUT2D eigenvalue weighted by Crippen LogP contribution is 2.61. The minimum Gasteiger partial charge on any atom is -0.349 e. The van der Waals surface area contributed by atoms with Gasteiger partial charge in [-0.15, -0.1) is 0 Å². The minimum absolute atomic E-state index is 0.00825. The summed E-state index contributed by atoms with van der Waals surface area (Å²) in [7, 11) is -3.55. The zero-order chi connectivity index (χ0) is 21.7. The van der Waals surface area contributed by atoms with Gasteiger partial charge < -0.3 is 10.6 Å². The van der Waals surface area contributed by atoms with Gasteiger partial charge in [0.2, 0.25) is 15.9 Å². The third-order valence-corrected chi connectivity index (χ3v) is 7.82. The lowest BCUT2D eigenvalue weighted by molar-refractivity contribution is -0.114. The SMILES string of the molecule is CC(=O)Nc1ccc(NS(C)(=O)=O)c(C(=O)NC(C)C23CC4CC(CC(C4)C2)C3)c1. The summed E-state index contributed by atoms with van der Waals surface area (Å²) in [6, 6.07) is 4.62. The topological polar surface area (TPSA) is 104 Å². The van der Waals surface area contributed by atoms with E-state index in [2.05, 4.69) is 22.3 Å². The van der Waals surface area contributed by atoms with Gasteiger partial charge in [-0.25, -0.2) is 8.42 Å². The van der Waals surface area contributed by atoms with E-state index in [1.807, 2.05) is 0 Å². The number of carbonyl (C=O) groups is 2. The molecule has 1 atom stereocenters. The molecule has 2 amide bonds. The van der Waals surface area contributed by atoms with Gasteiger partial charge in [0.25, 0.3) is 5.91 Å². The number of amides is 2. The second-order valence-electron chi connectivity index (χ2n) is 9.79. The third kappa shape index (κ3) is 4.33. The predicted octanol–water partition coefficient (Wildman–Crippen LogP) is 3.35. The van der Waals surface area contributed by atoms with Crippen LogP contribution >= 0.6 is 0 Å². The number of hydrogen-bond donors (Lipinski definition) is 3. The van der Waals surface area contributed by atoms with Crippen LogP contribution in [0.5, 0.6) is 0 Å². The summed E-state index contributed by atoms with van der Waals surface area (Å²) in [5, 5.41) is 5.83. The Balaban J connectivity index is 1.57. The monoisotopic (exact) mass is 433 g/mol. The van der Waals surface area contributed by atoms with Gasteiger partial charge in [0.15, 0.2) is 0 Å². The highest BCUT2D eigenvalue weighted by atomic mass is 32.2. The van der Waals surface area contributed by atoms with E-state index < -0.39 is 10.0 Å². The number of carbonyl (C=O) groups excluding carboxylic acids is 2. The second-order valence-corrected chi connectivity index (χ2v) is 11.5. The fraction of sp³-hybridized carbons (Fsp3) is 0.636. The number of sulfonamides is 1. The molecule has 0 spiro atoms. The number of benzene rings is 1. The zero-order valence-corrected chi connectivity index (χ0v) is 18.6. The molecule has 8 heteroatoms. The molecule has 4 aliphatic carbocycles. The van der Waals surface area contributed by atoms with Gasteiger partial charge in [0.1, 0.15) is 0 Å². The first kappa shape index (κ1) is 21.2. The van der Waals surface area contributed by atoms with Crippen molar-refractivity contribution in [3.63, 3.8) is 0 Å². The van der Waals surface area contributed by atoms with Crippen LogP contribution in [0.2, 0.25) is 0 Å². The van der Waals surface area contributed by atoms with Crippen LogP contribution in [0, 0.1) is 23.2 Å². The van der Waals surface area contributed by atoms with Crippen LogP contribution < -0.4 is 15.4 Å². The Hall–Kier alpha value is -2.09. The molecule has 0 radical (unpaired) electrons. The molecule has 0 aliphatic heterocycles. The molecular weight excluding hydrogens is 402 g/mol. The average Bonchev–Trinajstić information content (AvgIpc) is 2.60. The van der Waals surface area contributed by atoms with Gasteiger partial charge in [0, 0.05) is 18.7 Å². The molecule has 4 aliphatic rings. The van der Waals surface area contributed by atoms with Crippen molar-refractivity contribution in [3.05, 3.63) is 23.8 Å². The second kappa shape index (κ2) is 7.55. The Labute approximate surface area is 178 Å². The summed E-state index contributed by atoms with van der Waals surface area (Å²) in [4.78, 5) is 24.7. The average molecular weight is 434 g/mol. The fourth-order valence-corrected chi connectivity index (χ4v) is 7.01. The van der Waals surface area contributed by atoms with E-state index in [4.69, 9.17) is 0 Å². The standard InChI is InChI=1S/C22H31N3O4S/c1-13(22-10-15-6-16(11-22)8-17(7-15)12-22)23-21(27)19-9-18(24-14(2)26)4-5-20(19)25-30(3,28)29/h4-5,9,13,15-17,25H,6-8,10-12H2,1-3H3,(H,23,27)(H,24,26). The minimum atomic E-state index is -3.55. The van der Waals surface area contributed by atoms with Crippen LogP contribution in [0.15, 0.2) is 18.2 Å². The Bertz CT molecular complexity index is 937. The van der Waals surface area contributed by atoms with Crippen molar-refractivity contribution in [2.75, 3.05) is 16.3 Å². The number of rotatable bonds is 6. The first-order valence-corrected chi connectivity index (χ1v) is 12.6. The predicted molar refractivity (Wildman–Crippen MR) is 117 cm³/mol. The fourth-order valence-electron chi connectivity index (χ4n) is 6.44. The van der Waals surface area contributed by atoms with Crippen molar-refractivity contribution in [1.29, 1.82) is 0 Å². The van der Waals surface area contributed by atoms with Gasteiger partial charge in [0.05, 0.1) is 17.5 Å². The highest BCUT2D eigenvalue weighted by Gasteiger charge is 2.53. The largest absolute Gasteiger partial charge is 0.349 e. The lowest BCUT2D eigenvalue weighted by atomic mass is 9.48. The zero-order valence-electron chi connectivity index (χ0n) is 17.8. The van der Waals surface area contributed by atoms with Crippen LogP contribution in [0.25, 0.3) is 0 Å². The quantitative estimate of drug-likeness (QED) is 0.640. The van der Waals surface area contributed by atoms with E-state index in [9.17, 15) is 18.0 Å². The van der Waals surface area contributed by atoms with E-state index in [1.165, 1.54) is 57.6 Å². The molecule has 30 heavy (non-hydrogen) atoms. The summed E-state index contributed by atoms with van der Waals surface area (Å²) in [6.07, 6.45) is 8.56.